The SMILES string of the molecule is CCn1cc(C(=O)NCCCN2CCN(C)CC2)c2cc(OC)c(OC)cc2c1=O. The van der Waals surface area contributed by atoms with Gasteiger partial charge in [-0.05, 0) is 39.1 Å². The maximum atomic E-state index is 13.0. The molecule has 0 saturated carbocycles. The fourth-order valence-electron chi connectivity index (χ4n) is 3.80. The first kappa shape index (κ1) is 22.1. The molecule has 1 aliphatic heterocycles. The van der Waals surface area contributed by atoms with Crippen LogP contribution < -0.4 is 20.3 Å². The summed E-state index contributed by atoms with van der Waals surface area (Å²) in [5.41, 5.74) is 0.312. The number of carbonyl (C=O) groups is 1. The quantitative estimate of drug-likeness (QED) is 0.656. The van der Waals surface area contributed by atoms with Crippen molar-refractivity contribution < 1.29 is 14.3 Å². The number of aryl methyl sites for hydroxylation is 1. The topological polar surface area (TPSA) is 76.0 Å². The lowest BCUT2D eigenvalue weighted by molar-refractivity contribution is 0.0950. The zero-order chi connectivity index (χ0) is 21.7. The van der Waals surface area contributed by atoms with Gasteiger partial charge in [-0.25, -0.2) is 0 Å². The van der Waals surface area contributed by atoms with E-state index in [1.807, 2.05) is 6.92 Å². The van der Waals surface area contributed by atoms with Crippen LogP contribution in [0.4, 0.5) is 0 Å². The number of nitrogens with zero attached hydrogens (tertiary/aromatic N) is 3. The van der Waals surface area contributed by atoms with E-state index in [0.29, 0.717) is 40.9 Å². The van der Waals surface area contributed by atoms with E-state index in [0.717, 1.165) is 39.1 Å². The Morgan fingerprint density at radius 2 is 1.70 bits per heavy atom. The second-order valence-corrected chi connectivity index (χ2v) is 7.64. The summed E-state index contributed by atoms with van der Waals surface area (Å²) < 4.78 is 12.3. The van der Waals surface area contributed by atoms with Crippen LogP contribution in [0.1, 0.15) is 23.7 Å². The predicted molar refractivity (Wildman–Crippen MR) is 118 cm³/mol. The third-order valence-corrected chi connectivity index (χ3v) is 5.71. The van der Waals surface area contributed by atoms with Crippen LogP contribution in [0.15, 0.2) is 23.1 Å². The zero-order valence-electron chi connectivity index (χ0n) is 18.4. The fraction of sp³-hybridized carbons (Fsp3) is 0.545. The smallest absolute Gasteiger partial charge is 0.258 e. The molecule has 0 bridgehead atoms. The van der Waals surface area contributed by atoms with Gasteiger partial charge in [0.1, 0.15) is 0 Å². The monoisotopic (exact) mass is 416 g/mol. The van der Waals surface area contributed by atoms with Crippen LogP contribution in [-0.2, 0) is 6.54 Å². The summed E-state index contributed by atoms with van der Waals surface area (Å²) in [7, 11) is 5.20. The minimum absolute atomic E-state index is 0.153. The average Bonchev–Trinajstić information content (AvgIpc) is 2.77. The summed E-state index contributed by atoms with van der Waals surface area (Å²) in [6, 6.07) is 3.35. The molecule has 0 aliphatic carbocycles. The van der Waals surface area contributed by atoms with Crippen molar-refractivity contribution in [2.24, 2.45) is 0 Å². The second kappa shape index (κ2) is 9.95. The van der Waals surface area contributed by atoms with Gasteiger partial charge in [-0.3, -0.25) is 9.59 Å². The number of likely N-dealkylation sites (N-methyl/N-ethyl adjacent to an activating group) is 1. The number of piperazine rings is 1. The summed E-state index contributed by atoms with van der Waals surface area (Å²) in [6.07, 6.45) is 2.52. The minimum atomic E-state index is -0.187. The molecule has 1 saturated heterocycles. The van der Waals surface area contributed by atoms with E-state index in [9.17, 15) is 9.59 Å². The van der Waals surface area contributed by atoms with Crippen molar-refractivity contribution >= 4 is 16.7 Å². The maximum absolute atomic E-state index is 13.0. The van der Waals surface area contributed by atoms with Crippen molar-refractivity contribution in [2.75, 3.05) is 60.5 Å². The van der Waals surface area contributed by atoms with E-state index in [2.05, 4.69) is 22.2 Å². The molecule has 1 N–H and O–H groups in total. The number of ether oxygens (including phenoxy) is 2. The van der Waals surface area contributed by atoms with Crippen molar-refractivity contribution in [1.82, 2.24) is 19.7 Å². The van der Waals surface area contributed by atoms with Gasteiger partial charge in [0.25, 0.3) is 11.5 Å². The number of methoxy groups -OCH3 is 2. The highest BCUT2D eigenvalue weighted by molar-refractivity contribution is 6.07. The predicted octanol–water partition coefficient (Wildman–Crippen LogP) is 1.41. The number of amides is 1. The van der Waals surface area contributed by atoms with Gasteiger partial charge >= 0.3 is 0 Å². The van der Waals surface area contributed by atoms with Crippen LogP contribution >= 0.6 is 0 Å². The number of hydrogen-bond donors (Lipinski definition) is 1. The number of aromatic nitrogens is 1. The summed E-state index contributed by atoms with van der Waals surface area (Å²) in [6.45, 7) is 8.22. The molecule has 30 heavy (non-hydrogen) atoms. The number of nitrogens with one attached hydrogen (secondary N) is 1. The highest BCUT2D eigenvalue weighted by atomic mass is 16.5. The van der Waals surface area contributed by atoms with E-state index >= 15 is 0 Å². The van der Waals surface area contributed by atoms with Crippen molar-refractivity contribution in [2.45, 2.75) is 19.9 Å². The van der Waals surface area contributed by atoms with E-state index in [1.165, 1.54) is 14.2 Å². The third-order valence-electron chi connectivity index (χ3n) is 5.71. The first-order valence-electron chi connectivity index (χ1n) is 10.5. The molecule has 0 unspecified atom stereocenters. The van der Waals surface area contributed by atoms with Crippen LogP contribution in [0, 0.1) is 0 Å². The van der Waals surface area contributed by atoms with Gasteiger partial charge in [0, 0.05) is 50.9 Å². The highest BCUT2D eigenvalue weighted by Gasteiger charge is 2.18. The van der Waals surface area contributed by atoms with Crippen molar-refractivity contribution in [1.29, 1.82) is 0 Å². The highest BCUT2D eigenvalue weighted by Crippen LogP contribution is 2.32. The zero-order valence-corrected chi connectivity index (χ0v) is 18.4. The molecule has 0 spiro atoms. The van der Waals surface area contributed by atoms with Gasteiger partial charge in [-0.15, -0.1) is 0 Å². The summed E-state index contributed by atoms with van der Waals surface area (Å²) in [4.78, 5) is 30.5. The number of hydrogen-bond acceptors (Lipinski definition) is 6. The Bertz CT molecular complexity index is 948. The molecule has 164 valence electrons. The van der Waals surface area contributed by atoms with E-state index in [4.69, 9.17) is 9.47 Å². The Balaban J connectivity index is 1.77. The Morgan fingerprint density at radius 3 is 2.30 bits per heavy atom. The molecule has 1 fully saturated rings. The summed E-state index contributed by atoms with van der Waals surface area (Å²) in [5.74, 6) is 0.769. The number of rotatable bonds is 8. The molecule has 1 amide bonds. The molecule has 1 aromatic carbocycles. The molecule has 3 rings (SSSR count). The first-order chi connectivity index (χ1) is 14.5. The summed E-state index contributed by atoms with van der Waals surface area (Å²) in [5, 5.41) is 4.03. The third kappa shape index (κ3) is 4.76. The molecule has 8 heteroatoms. The van der Waals surface area contributed by atoms with Crippen LogP contribution in [0.3, 0.4) is 0 Å². The molecule has 0 radical (unpaired) electrons. The molecule has 2 aromatic rings. The van der Waals surface area contributed by atoms with Gasteiger partial charge in [0.2, 0.25) is 0 Å². The second-order valence-electron chi connectivity index (χ2n) is 7.64. The van der Waals surface area contributed by atoms with Gasteiger partial charge in [-0.1, -0.05) is 0 Å². The maximum Gasteiger partial charge on any atom is 0.258 e. The van der Waals surface area contributed by atoms with E-state index < -0.39 is 0 Å². The lowest BCUT2D eigenvalue weighted by Crippen LogP contribution is -2.45. The van der Waals surface area contributed by atoms with Gasteiger partial charge in [-0.2, -0.15) is 0 Å². The lowest BCUT2D eigenvalue weighted by atomic mass is 10.1. The Labute approximate surface area is 177 Å². The van der Waals surface area contributed by atoms with Gasteiger partial charge in [0.05, 0.1) is 25.2 Å². The largest absolute Gasteiger partial charge is 0.493 e. The van der Waals surface area contributed by atoms with Crippen molar-refractivity contribution in [3.63, 3.8) is 0 Å². The van der Waals surface area contributed by atoms with Crippen LogP contribution in [0.5, 0.6) is 11.5 Å². The Kier molecular flexibility index (Phi) is 7.33. The standard InChI is InChI=1S/C22H32N4O4/c1-5-26-15-18(16-13-19(29-3)20(30-4)14-17(16)22(26)28)21(27)23-7-6-8-25-11-9-24(2)10-12-25/h13-15H,5-12H2,1-4H3,(H,23,27). The average molecular weight is 417 g/mol. The van der Waals surface area contributed by atoms with Gasteiger partial charge < -0.3 is 29.2 Å². The Hall–Kier alpha value is -2.58. The summed E-state index contributed by atoms with van der Waals surface area (Å²) >= 11 is 0. The van der Waals surface area contributed by atoms with Crippen molar-refractivity contribution in [3.8, 4) is 11.5 Å². The van der Waals surface area contributed by atoms with Crippen LogP contribution in [0.2, 0.25) is 0 Å². The first-order valence-corrected chi connectivity index (χ1v) is 10.5. The molecular weight excluding hydrogens is 384 g/mol. The molecule has 2 heterocycles. The molecule has 8 nitrogen and oxygen atoms in total. The molecule has 1 aromatic heterocycles. The van der Waals surface area contributed by atoms with E-state index in [-0.39, 0.29) is 11.5 Å². The fourth-order valence-corrected chi connectivity index (χ4v) is 3.80. The minimum Gasteiger partial charge on any atom is -0.493 e. The number of benzene rings is 1. The lowest BCUT2D eigenvalue weighted by Gasteiger charge is -2.32. The number of pyridine rings is 1. The number of carbonyl (C=O) groups excluding carboxylic acids is 1. The van der Waals surface area contributed by atoms with Gasteiger partial charge in [0.15, 0.2) is 11.5 Å². The Morgan fingerprint density at radius 1 is 1.07 bits per heavy atom. The van der Waals surface area contributed by atoms with Crippen LogP contribution in [0.25, 0.3) is 10.8 Å². The van der Waals surface area contributed by atoms with Crippen LogP contribution in [-0.4, -0.2) is 80.8 Å². The van der Waals surface area contributed by atoms with Crippen molar-refractivity contribution in [3.05, 3.63) is 34.2 Å². The number of fused-ring (bicyclic) bond motifs is 1. The molecule has 1 aliphatic rings. The molecular formula is C22H32N4O4. The molecule has 0 atom stereocenters. The normalized spacial score (nSPS) is 15.3. The van der Waals surface area contributed by atoms with E-state index in [1.54, 1.807) is 22.9 Å².